The van der Waals surface area contributed by atoms with Crippen LogP contribution in [-0.2, 0) is 9.84 Å². The van der Waals surface area contributed by atoms with Crippen LogP contribution in [0.1, 0.15) is 20.8 Å². The molecule has 0 amide bonds. The SMILES string of the molecule is CN=C(NCCNc1ccc(S(C)(=O)=O)cc1[N+](=O)[O-])NC(C)(C)C.I. The van der Waals surface area contributed by atoms with Gasteiger partial charge in [-0.05, 0) is 32.9 Å². The van der Waals surface area contributed by atoms with Crippen molar-refractivity contribution in [3.8, 4) is 0 Å². The first kappa shape index (κ1) is 24.4. The molecule has 0 atom stereocenters. The smallest absolute Gasteiger partial charge is 0.293 e. The first-order valence-electron chi connectivity index (χ1n) is 7.65. The van der Waals surface area contributed by atoms with Gasteiger partial charge in [0.25, 0.3) is 5.69 Å². The zero-order valence-electron chi connectivity index (χ0n) is 15.5. The van der Waals surface area contributed by atoms with E-state index in [9.17, 15) is 18.5 Å². The number of nitrogens with one attached hydrogen (secondary N) is 3. The third-order valence-electron chi connectivity index (χ3n) is 3.04. The van der Waals surface area contributed by atoms with Crippen molar-refractivity contribution in [1.29, 1.82) is 0 Å². The van der Waals surface area contributed by atoms with E-state index >= 15 is 0 Å². The van der Waals surface area contributed by atoms with Gasteiger partial charge >= 0.3 is 0 Å². The summed E-state index contributed by atoms with van der Waals surface area (Å²) in [5.74, 6) is 0.622. The van der Waals surface area contributed by atoms with Crippen LogP contribution < -0.4 is 16.0 Å². The molecule has 0 saturated carbocycles. The van der Waals surface area contributed by atoms with E-state index in [1.54, 1.807) is 7.05 Å². The van der Waals surface area contributed by atoms with Gasteiger partial charge in [0, 0.05) is 38.0 Å². The minimum atomic E-state index is -3.50. The van der Waals surface area contributed by atoms with E-state index in [1.165, 1.54) is 12.1 Å². The molecule has 1 aromatic rings. The van der Waals surface area contributed by atoms with Gasteiger partial charge in [-0.15, -0.1) is 24.0 Å². The number of nitro benzene ring substituents is 1. The van der Waals surface area contributed by atoms with Crippen LogP contribution in [0, 0.1) is 10.1 Å². The highest BCUT2D eigenvalue weighted by Gasteiger charge is 2.18. The van der Waals surface area contributed by atoms with Crippen LogP contribution in [0.15, 0.2) is 28.1 Å². The number of benzene rings is 1. The Balaban J connectivity index is 0.00000625. The average molecular weight is 499 g/mol. The van der Waals surface area contributed by atoms with Crippen molar-refractivity contribution in [3.63, 3.8) is 0 Å². The summed E-state index contributed by atoms with van der Waals surface area (Å²) in [5, 5.41) is 20.4. The minimum absolute atomic E-state index is 0. The summed E-state index contributed by atoms with van der Waals surface area (Å²) >= 11 is 0. The molecule has 0 spiro atoms. The first-order chi connectivity index (χ1) is 11.4. The lowest BCUT2D eigenvalue weighted by Crippen LogP contribution is -2.48. The molecule has 26 heavy (non-hydrogen) atoms. The van der Waals surface area contributed by atoms with Gasteiger partial charge in [-0.1, -0.05) is 0 Å². The summed E-state index contributed by atoms with van der Waals surface area (Å²) < 4.78 is 23.1. The number of aliphatic imine (C=N–C) groups is 1. The van der Waals surface area contributed by atoms with Crippen LogP contribution in [0.4, 0.5) is 11.4 Å². The summed E-state index contributed by atoms with van der Waals surface area (Å²) in [6, 6.07) is 3.81. The molecule has 0 aliphatic heterocycles. The maximum Gasteiger partial charge on any atom is 0.293 e. The fourth-order valence-corrected chi connectivity index (χ4v) is 2.60. The Labute approximate surface area is 171 Å². The molecular formula is C15H26IN5O4S. The van der Waals surface area contributed by atoms with Crippen molar-refractivity contribution in [2.45, 2.75) is 31.2 Å². The van der Waals surface area contributed by atoms with Crippen molar-refractivity contribution in [2.75, 3.05) is 31.7 Å². The van der Waals surface area contributed by atoms with E-state index in [0.29, 0.717) is 19.0 Å². The van der Waals surface area contributed by atoms with Crippen molar-refractivity contribution in [3.05, 3.63) is 28.3 Å². The molecule has 0 fully saturated rings. The third-order valence-corrected chi connectivity index (χ3v) is 4.15. The molecule has 0 bridgehead atoms. The average Bonchev–Trinajstić information content (AvgIpc) is 2.47. The normalized spacial score (nSPS) is 12.1. The van der Waals surface area contributed by atoms with Gasteiger partial charge in [0.15, 0.2) is 15.8 Å². The number of nitro groups is 1. The quantitative estimate of drug-likeness (QED) is 0.137. The van der Waals surface area contributed by atoms with Crippen LogP contribution in [0.5, 0.6) is 0 Å². The Morgan fingerprint density at radius 1 is 1.27 bits per heavy atom. The number of hydrogen-bond donors (Lipinski definition) is 3. The number of nitrogens with zero attached hydrogens (tertiary/aromatic N) is 2. The van der Waals surface area contributed by atoms with E-state index < -0.39 is 14.8 Å². The zero-order valence-corrected chi connectivity index (χ0v) is 18.6. The molecular weight excluding hydrogens is 473 g/mol. The summed E-state index contributed by atoms with van der Waals surface area (Å²) in [5.41, 5.74) is -0.159. The number of halogens is 1. The summed E-state index contributed by atoms with van der Waals surface area (Å²) in [6.45, 7) is 6.88. The monoisotopic (exact) mass is 499 g/mol. The van der Waals surface area contributed by atoms with E-state index in [0.717, 1.165) is 12.3 Å². The second-order valence-electron chi connectivity index (χ2n) is 6.51. The molecule has 0 aliphatic carbocycles. The lowest BCUT2D eigenvalue weighted by atomic mass is 10.1. The topological polar surface area (TPSA) is 126 Å². The molecule has 1 rings (SSSR count). The standard InChI is InChI=1S/C15H25N5O4S.HI/c1-15(2,3)19-14(16-4)18-9-8-17-12-7-6-11(25(5,23)24)10-13(12)20(21)22;/h6-7,10,17H,8-9H2,1-5H3,(H2,16,18,19);1H. The predicted octanol–water partition coefficient (Wildman–Crippen LogP) is 1.99. The second-order valence-corrected chi connectivity index (χ2v) is 8.52. The van der Waals surface area contributed by atoms with Crippen LogP contribution in [0.25, 0.3) is 0 Å². The van der Waals surface area contributed by atoms with E-state index in [-0.39, 0.29) is 45.8 Å². The van der Waals surface area contributed by atoms with Crippen LogP contribution >= 0.6 is 24.0 Å². The highest BCUT2D eigenvalue weighted by molar-refractivity contribution is 14.0. The minimum Gasteiger partial charge on any atom is -0.378 e. The molecule has 11 heteroatoms. The fraction of sp³-hybridized carbons (Fsp3) is 0.533. The number of hydrogen-bond acceptors (Lipinski definition) is 6. The Morgan fingerprint density at radius 3 is 2.35 bits per heavy atom. The molecule has 0 unspecified atom stereocenters. The van der Waals surface area contributed by atoms with Crippen LogP contribution in [-0.4, -0.2) is 51.2 Å². The number of anilines is 1. The predicted molar refractivity (Wildman–Crippen MR) is 114 cm³/mol. The lowest BCUT2D eigenvalue weighted by molar-refractivity contribution is -0.384. The van der Waals surface area contributed by atoms with Gasteiger partial charge in [-0.2, -0.15) is 0 Å². The van der Waals surface area contributed by atoms with Crippen molar-refractivity contribution >= 4 is 51.1 Å². The molecule has 3 N–H and O–H groups in total. The van der Waals surface area contributed by atoms with Crippen molar-refractivity contribution in [2.24, 2.45) is 4.99 Å². The molecule has 0 radical (unpaired) electrons. The Bertz CT molecular complexity index is 760. The maximum atomic E-state index is 11.5. The number of guanidine groups is 1. The lowest BCUT2D eigenvalue weighted by Gasteiger charge is -2.23. The van der Waals surface area contributed by atoms with Gasteiger partial charge in [-0.3, -0.25) is 15.1 Å². The van der Waals surface area contributed by atoms with E-state index in [1.807, 2.05) is 20.8 Å². The molecule has 0 aliphatic rings. The highest BCUT2D eigenvalue weighted by atomic mass is 127. The van der Waals surface area contributed by atoms with Gasteiger partial charge in [0.05, 0.1) is 9.82 Å². The first-order valence-corrected chi connectivity index (χ1v) is 9.54. The third kappa shape index (κ3) is 8.17. The fourth-order valence-electron chi connectivity index (χ4n) is 1.96. The van der Waals surface area contributed by atoms with Gasteiger partial charge in [-0.25, -0.2) is 8.42 Å². The molecule has 9 nitrogen and oxygen atoms in total. The van der Waals surface area contributed by atoms with Crippen LogP contribution in [0.3, 0.4) is 0 Å². The Hall–Kier alpha value is -1.63. The van der Waals surface area contributed by atoms with E-state index in [2.05, 4.69) is 20.9 Å². The van der Waals surface area contributed by atoms with Crippen LogP contribution in [0.2, 0.25) is 0 Å². The largest absolute Gasteiger partial charge is 0.378 e. The Kier molecular flexibility index (Phi) is 9.28. The Morgan fingerprint density at radius 2 is 1.88 bits per heavy atom. The second kappa shape index (κ2) is 9.90. The van der Waals surface area contributed by atoms with Gasteiger partial charge < -0.3 is 16.0 Å². The van der Waals surface area contributed by atoms with Gasteiger partial charge in [0.2, 0.25) is 0 Å². The van der Waals surface area contributed by atoms with Crippen molar-refractivity contribution < 1.29 is 13.3 Å². The zero-order chi connectivity index (χ0) is 19.3. The molecule has 0 aromatic heterocycles. The molecule has 0 heterocycles. The molecule has 0 saturated heterocycles. The van der Waals surface area contributed by atoms with Crippen molar-refractivity contribution in [1.82, 2.24) is 10.6 Å². The number of sulfone groups is 1. The molecule has 148 valence electrons. The molecule has 1 aromatic carbocycles. The van der Waals surface area contributed by atoms with Gasteiger partial charge in [0.1, 0.15) is 5.69 Å². The summed E-state index contributed by atoms with van der Waals surface area (Å²) in [6.07, 6.45) is 1.01. The summed E-state index contributed by atoms with van der Waals surface area (Å²) in [7, 11) is -1.85. The highest BCUT2D eigenvalue weighted by Crippen LogP contribution is 2.27. The maximum absolute atomic E-state index is 11.5. The van der Waals surface area contributed by atoms with E-state index in [4.69, 9.17) is 0 Å². The summed E-state index contributed by atoms with van der Waals surface area (Å²) in [4.78, 5) is 14.6. The number of rotatable bonds is 6.